The van der Waals surface area contributed by atoms with Crippen molar-refractivity contribution in [2.24, 2.45) is 34.5 Å². The van der Waals surface area contributed by atoms with Crippen LogP contribution in [0, 0.1) is 34.5 Å². The molecular weight excluding hydrogens is 776 g/mol. The summed E-state index contributed by atoms with van der Waals surface area (Å²) < 4.78 is 53.4. The second-order valence-corrected chi connectivity index (χ2v) is 17.1. The standard InChI is InChI=1S/C42H56O17/c1-12-21(4)37(49)56-34-31(25-13-14-52-17-25)41(10)35(57-38(50)32(48)20(2)3)33(54-19-43)30(22(5)42(41)36(34)59-42)40(9)26(15-28(46)51-11)39(8,18-53-23(6)44)58-29(47)16-27(40)55-24(7)45/h13-14,17,19-21,26-27,30-36,48H,5,12,15-16,18H2,1-4,6-11H3. The van der Waals surface area contributed by atoms with Crippen LogP contribution >= 0.6 is 0 Å². The van der Waals surface area contributed by atoms with Crippen molar-refractivity contribution in [2.45, 2.75) is 135 Å². The van der Waals surface area contributed by atoms with Crippen molar-refractivity contribution in [2.75, 3.05) is 13.7 Å². The largest absolute Gasteiger partial charge is 0.472 e. The van der Waals surface area contributed by atoms with Gasteiger partial charge in [-0.15, -0.1) is 0 Å². The summed E-state index contributed by atoms with van der Waals surface area (Å²) in [5.41, 5.74) is -6.05. The van der Waals surface area contributed by atoms with Crippen LogP contribution in [0.3, 0.4) is 0 Å². The summed E-state index contributed by atoms with van der Waals surface area (Å²) in [5, 5.41) is 11.1. The molecule has 3 heterocycles. The van der Waals surface area contributed by atoms with Crippen molar-refractivity contribution in [1.82, 2.24) is 0 Å². The quantitative estimate of drug-likeness (QED) is 0.0876. The minimum Gasteiger partial charge on any atom is -0.472 e. The number of hydrogen-bond donors (Lipinski definition) is 1. The zero-order valence-electron chi connectivity index (χ0n) is 35.2. The number of esters is 6. The van der Waals surface area contributed by atoms with E-state index in [0.717, 1.165) is 21.0 Å². The van der Waals surface area contributed by atoms with Gasteiger partial charge < -0.3 is 47.4 Å². The van der Waals surface area contributed by atoms with Crippen LogP contribution in [0.1, 0.15) is 93.1 Å². The molecular formula is C42H56O17. The highest BCUT2D eigenvalue weighted by molar-refractivity contribution is 5.76. The third-order valence-electron chi connectivity index (χ3n) is 13.3. The van der Waals surface area contributed by atoms with Crippen molar-refractivity contribution in [3.8, 4) is 0 Å². The average Bonchev–Trinajstić information content (AvgIpc) is 3.64. The zero-order chi connectivity index (χ0) is 44.0. The molecule has 14 unspecified atom stereocenters. The Hall–Kier alpha value is -4.77. The van der Waals surface area contributed by atoms with Crippen LogP contribution in [0.5, 0.6) is 0 Å². The second-order valence-electron chi connectivity index (χ2n) is 17.1. The lowest BCUT2D eigenvalue weighted by molar-refractivity contribution is -0.228. The van der Waals surface area contributed by atoms with Gasteiger partial charge in [0.1, 0.15) is 48.3 Å². The van der Waals surface area contributed by atoms with Crippen molar-refractivity contribution < 1.29 is 81.0 Å². The van der Waals surface area contributed by atoms with E-state index < -0.39 is 144 Å². The fraction of sp³-hybridized carbons (Fsp3) is 0.690. The van der Waals surface area contributed by atoms with Crippen molar-refractivity contribution in [1.29, 1.82) is 0 Å². The predicted molar refractivity (Wildman–Crippen MR) is 200 cm³/mol. The first-order valence-electron chi connectivity index (χ1n) is 19.8. The number of carbonyl (C=O) groups is 7. The van der Waals surface area contributed by atoms with Crippen LogP contribution < -0.4 is 0 Å². The van der Waals surface area contributed by atoms with Crippen LogP contribution in [-0.4, -0.2) is 109 Å². The Morgan fingerprint density at radius 3 is 2.22 bits per heavy atom. The Morgan fingerprint density at radius 1 is 1.00 bits per heavy atom. The molecule has 1 N–H and O–H groups in total. The minimum absolute atomic E-state index is 0.134. The monoisotopic (exact) mass is 832 g/mol. The number of ether oxygens (including phenoxy) is 8. The van der Waals surface area contributed by atoms with Crippen LogP contribution in [0.25, 0.3) is 0 Å². The molecule has 17 nitrogen and oxygen atoms in total. The lowest BCUT2D eigenvalue weighted by Gasteiger charge is -2.59. The van der Waals surface area contributed by atoms with Gasteiger partial charge in [0.05, 0.1) is 43.8 Å². The molecule has 0 amide bonds. The summed E-state index contributed by atoms with van der Waals surface area (Å²) >= 11 is 0. The first-order valence-corrected chi connectivity index (χ1v) is 19.8. The molecule has 59 heavy (non-hydrogen) atoms. The average molecular weight is 833 g/mol. The van der Waals surface area contributed by atoms with E-state index >= 15 is 0 Å². The van der Waals surface area contributed by atoms with Crippen LogP contribution in [0.4, 0.5) is 0 Å². The maximum Gasteiger partial charge on any atom is 0.335 e. The third kappa shape index (κ3) is 7.53. The molecule has 4 aliphatic rings. The van der Waals surface area contributed by atoms with Gasteiger partial charge in [0.2, 0.25) is 0 Å². The highest BCUT2D eigenvalue weighted by Crippen LogP contribution is 2.77. The van der Waals surface area contributed by atoms with Gasteiger partial charge in [0.25, 0.3) is 6.47 Å². The topological polar surface area (TPSA) is 230 Å². The van der Waals surface area contributed by atoms with Crippen LogP contribution in [0.15, 0.2) is 35.2 Å². The molecule has 17 heteroatoms. The Morgan fingerprint density at radius 2 is 1.68 bits per heavy atom. The van der Waals surface area contributed by atoms with Gasteiger partial charge in [-0.2, -0.15) is 0 Å². The summed E-state index contributed by atoms with van der Waals surface area (Å²) in [4.78, 5) is 93.0. The van der Waals surface area contributed by atoms with Crippen molar-refractivity contribution in [3.63, 3.8) is 0 Å². The number of aliphatic hydroxyl groups is 1. The summed E-state index contributed by atoms with van der Waals surface area (Å²) in [5.74, 6) is -9.56. The summed E-state index contributed by atoms with van der Waals surface area (Å²) in [6.45, 7) is 17.9. The Bertz CT molecular complexity index is 1820. The van der Waals surface area contributed by atoms with Crippen molar-refractivity contribution in [3.05, 3.63) is 36.3 Å². The third-order valence-corrected chi connectivity index (χ3v) is 13.3. The molecule has 2 saturated heterocycles. The van der Waals surface area contributed by atoms with Gasteiger partial charge in [-0.25, -0.2) is 4.79 Å². The van der Waals surface area contributed by atoms with Crippen LogP contribution in [-0.2, 0) is 71.5 Å². The molecule has 0 aromatic carbocycles. The predicted octanol–water partition coefficient (Wildman–Crippen LogP) is 3.52. The highest BCUT2D eigenvalue weighted by Gasteiger charge is 2.88. The van der Waals surface area contributed by atoms with E-state index in [2.05, 4.69) is 6.58 Å². The van der Waals surface area contributed by atoms with E-state index in [1.54, 1.807) is 40.7 Å². The smallest absolute Gasteiger partial charge is 0.335 e. The number of carbonyl (C=O) groups excluding carboxylic acids is 7. The number of epoxide rings is 1. The van der Waals surface area contributed by atoms with Gasteiger partial charge in [-0.3, -0.25) is 28.8 Å². The van der Waals surface area contributed by atoms with Gasteiger partial charge in [0.15, 0.2) is 6.10 Å². The lowest BCUT2D eigenvalue weighted by atomic mass is 9.47. The molecule has 0 radical (unpaired) electrons. The molecule has 2 aliphatic heterocycles. The normalized spacial score (nSPS) is 37.0. The Balaban J connectivity index is 1.87. The maximum absolute atomic E-state index is 14.1. The van der Waals surface area contributed by atoms with E-state index in [4.69, 9.17) is 42.3 Å². The summed E-state index contributed by atoms with van der Waals surface area (Å²) in [6, 6.07) is 1.66. The number of hydrogen-bond acceptors (Lipinski definition) is 17. The van der Waals surface area contributed by atoms with E-state index in [0.29, 0.717) is 12.0 Å². The van der Waals surface area contributed by atoms with Crippen LogP contribution in [0.2, 0.25) is 0 Å². The number of furan rings is 1. The number of cyclic esters (lactones) is 1. The fourth-order valence-corrected chi connectivity index (χ4v) is 10.2. The molecule has 5 rings (SSSR count). The maximum atomic E-state index is 14.1. The molecule has 4 fully saturated rings. The van der Waals surface area contributed by atoms with Gasteiger partial charge >= 0.3 is 35.8 Å². The molecule has 2 aliphatic carbocycles. The highest BCUT2D eigenvalue weighted by atomic mass is 16.7. The molecule has 14 atom stereocenters. The van der Waals surface area contributed by atoms with Crippen molar-refractivity contribution >= 4 is 42.3 Å². The van der Waals surface area contributed by atoms with E-state index in [1.165, 1.54) is 19.5 Å². The number of methoxy groups -OCH3 is 1. The molecule has 2 saturated carbocycles. The first-order chi connectivity index (χ1) is 27.6. The number of rotatable bonds is 15. The fourth-order valence-electron chi connectivity index (χ4n) is 10.2. The molecule has 1 aromatic rings. The van der Waals surface area contributed by atoms with E-state index in [-0.39, 0.29) is 12.0 Å². The summed E-state index contributed by atoms with van der Waals surface area (Å²) in [7, 11) is 1.14. The zero-order valence-corrected chi connectivity index (χ0v) is 35.2. The Labute approximate surface area is 342 Å². The van der Waals surface area contributed by atoms with Gasteiger partial charge in [0, 0.05) is 37.0 Å². The van der Waals surface area contributed by atoms with E-state index in [1.807, 2.05) is 6.92 Å². The number of aliphatic hydroxyl groups excluding tert-OH is 1. The first kappa shape index (κ1) is 45.3. The molecule has 1 spiro atoms. The minimum atomic E-state index is -1.85. The van der Waals surface area contributed by atoms with E-state index in [9.17, 15) is 38.7 Å². The molecule has 326 valence electrons. The lowest BCUT2D eigenvalue weighted by Crippen LogP contribution is -2.68. The SMILES string of the molecule is C=C1C(C2(C)C(OC(C)=O)CC(=O)OC(C)(COC(C)=O)C2CC(=O)OC)C(OC=O)C(OC(=O)C(O)C(C)C)C2(C)C(c3ccoc3)C(OC(=O)C(C)CC)C3OC132. The van der Waals surface area contributed by atoms with Gasteiger partial charge in [-0.05, 0) is 36.5 Å². The van der Waals surface area contributed by atoms with Gasteiger partial charge in [-0.1, -0.05) is 48.1 Å². The summed E-state index contributed by atoms with van der Waals surface area (Å²) in [6.07, 6.45) is -6.15. The molecule has 1 aromatic heterocycles. The second kappa shape index (κ2) is 16.7. The Kier molecular flexibility index (Phi) is 12.8. The molecule has 0 bridgehead atoms.